The number of quaternary nitrogens is 1. The summed E-state index contributed by atoms with van der Waals surface area (Å²) in [5.74, 6) is 1.02. The topological polar surface area (TPSA) is 34.0 Å². The summed E-state index contributed by atoms with van der Waals surface area (Å²) < 4.78 is 6.39. The maximum absolute atomic E-state index is 5.71. The molecule has 0 aliphatic heterocycles. The normalized spacial score (nSPS) is 14.0. The Morgan fingerprint density at radius 1 is 1.00 bits per heavy atom. The number of hydrogen-bond acceptors (Lipinski definition) is 3. The quantitative estimate of drug-likeness (QED) is 0.229. The van der Waals surface area contributed by atoms with E-state index >= 15 is 0 Å². The number of unbranched alkanes of at least 4 members (excludes halogenated alkanes) is 1. The Kier molecular flexibility index (Phi) is 11.2. The van der Waals surface area contributed by atoms with Crippen LogP contribution in [0.4, 0.5) is 0 Å². The first kappa shape index (κ1) is 23.5. The van der Waals surface area contributed by atoms with Crippen molar-refractivity contribution in [1.29, 1.82) is 0 Å². The maximum Gasteiger partial charge on any atom is 0.229 e. The van der Waals surface area contributed by atoms with Gasteiger partial charge in [-0.3, -0.25) is 9.48 Å². The molecule has 0 spiro atoms. The minimum Gasteiger partial charge on any atom is -0.381 e. The number of ether oxygens (including phenoxy) is 1. The zero-order valence-corrected chi connectivity index (χ0v) is 17.5. The van der Waals surface area contributed by atoms with Crippen molar-refractivity contribution in [1.82, 2.24) is 0 Å². The highest BCUT2D eigenvalue weighted by molar-refractivity contribution is 5.99. The predicted molar refractivity (Wildman–Crippen MR) is 111 cm³/mol. The molecular formula is C21H38N3O+. The van der Waals surface area contributed by atoms with Gasteiger partial charge in [-0.2, -0.15) is 0 Å². The third-order valence-electron chi connectivity index (χ3n) is 3.82. The van der Waals surface area contributed by atoms with Gasteiger partial charge < -0.3 is 4.74 Å². The standard InChI is InChI=1S/C21H38N3O/c1-10-19(23-21(18(4)5)24(7,8)9)13-11-12-15-25-16-14-20(22-6)17(2)3/h10H,2,4,11-16H2,1,3,5-9H3/q+1/b19-10-,22-20?,23-21?. The van der Waals surface area contributed by atoms with Gasteiger partial charge >= 0.3 is 0 Å². The SMILES string of the molecule is C=C(C)C(CCOCCCC/C(=C/C)N=C(C(=C)C)[N+](C)(C)C)=NC. The summed E-state index contributed by atoms with van der Waals surface area (Å²) in [5, 5.41) is 0. The Hall–Kier alpha value is -1.52. The number of aliphatic imine (C=N–C) groups is 2. The van der Waals surface area contributed by atoms with Crippen LogP contribution in [0, 0.1) is 0 Å². The fraction of sp³-hybridized carbons (Fsp3) is 0.619. The highest BCUT2D eigenvalue weighted by Crippen LogP contribution is 2.14. The van der Waals surface area contributed by atoms with Crippen LogP contribution >= 0.6 is 0 Å². The van der Waals surface area contributed by atoms with Gasteiger partial charge in [-0.15, -0.1) is 0 Å². The van der Waals surface area contributed by atoms with E-state index in [0.29, 0.717) is 11.1 Å². The van der Waals surface area contributed by atoms with Crippen LogP contribution in [0.5, 0.6) is 0 Å². The first-order valence-corrected chi connectivity index (χ1v) is 9.04. The van der Waals surface area contributed by atoms with Crippen LogP contribution in [0.25, 0.3) is 0 Å². The lowest BCUT2D eigenvalue weighted by Gasteiger charge is -2.25. The first-order chi connectivity index (χ1) is 11.6. The largest absolute Gasteiger partial charge is 0.381 e. The predicted octanol–water partition coefficient (Wildman–Crippen LogP) is 4.79. The summed E-state index contributed by atoms with van der Waals surface area (Å²) in [7, 11) is 8.16. The van der Waals surface area contributed by atoms with Gasteiger partial charge in [0.1, 0.15) is 0 Å². The second-order valence-electron chi connectivity index (χ2n) is 7.28. The van der Waals surface area contributed by atoms with Crippen molar-refractivity contribution in [3.05, 3.63) is 36.1 Å². The van der Waals surface area contributed by atoms with E-state index < -0.39 is 0 Å². The molecule has 0 aromatic rings. The summed E-state index contributed by atoms with van der Waals surface area (Å²) in [5.41, 5.74) is 4.19. The van der Waals surface area contributed by atoms with E-state index in [1.807, 2.05) is 20.8 Å². The summed E-state index contributed by atoms with van der Waals surface area (Å²) in [6.07, 6.45) is 5.99. The van der Waals surface area contributed by atoms with Gasteiger partial charge in [-0.05, 0) is 45.6 Å². The molecule has 0 unspecified atom stereocenters. The summed E-state index contributed by atoms with van der Waals surface area (Å²) in [6, 6.07) is 0. The average Bonchev–Trinajstić information content (AvgIpc) is 2.50. The van der Waals surface area contributed by atoms with E-state index in [0.717, 1.165) is 60.7 Å². The lowest BCUT2D eigenvalue weighted by atomic mass is 10.1. The number of likely N-dealkylation sites (N-methyl/N-ethyl adjacent to an activating group) is 1. The van der Waals surface area contributed by atoms with Crippen molar-refractivity contribution in [2.24, 2.45) is 9.98 Å². The van der Waals surface area contributed by atoms with E-state index in [-0.39, 0.29) is 0 Å². The molecule has 0 atom stereocenters. The Labute approximate surface area is 155 Å². The van der Waals surface area contributed by atoms with Gasteiger partial charge in [-0.25, -0.2) is 4.99 Å². The molecule has 0 radical (unpaired) electrons. The van der Waals surface area contributed by atoms with Crippen LogP contribution in [0.1, 0.15) is 46.5 Å². The van der Waals surface area contributed by atoms with Crippen molar-refractivity contribution in [2.45, 2.75) is 46.5 Å². The second kappa shape index (κ2) is 11.9. The Morgan fingerprint density at radius 2 is 1.64 bits per heavy atom. The van der Waals surface area contributed by atoms with Gasteiger partial charge in [0.25, 0.3) is 0 Å². The fourth-order valence-electron chi connectivity index (χ4n) is 2.52. The van der Waals surface area contributed by atoms with E-state index in [4.69, 9.17) is 9.73 Å². The molecule has 0 amide bonds. The number of rotatable bonds is 11. The molecule has 0 saturated heterocycles. The molecule has 0 aliphatic rings. The Balaban J connectivity index is 4.27. The van der Waals surface area contributed by atoms with Crippen LogP contribution in [0.2, 0.25) is 0 Å². The van der Waals surface area contributed by atoms with Gasteiger partial charge in [0.2, 0.25) is 5.84 Å². The molecule has 0 bridgehead atoms. The molecule has 0 aromatic heterocycles. The molecular weight excluding hydrogens is 310 g/mol. The highest BCUT2D eigenvalue weighted by atomic mass is 16.5. The molecule has 4 heteroatoms. The molecule has 142 valence electrons. The summed E-state index contributed by atoms with van der Waals surface area (Å²) in [6.45, 7) is 15.5. The maximum atomic E-state index is 5.71. The first-order valence-electron chi connectivity index (χ1n) is 9.04. The third kappa shape index (κ3) is 10.1. The van der Waals surface area contributed by atoms with Crippen LogP contribution in [-0.4, -0.2) is 57.4 Å². The van der Waals surface area contributed by atoms with Crippen LogP contribution in [-0.2, 0) is 4.74 Å². The van der Waals surface area contributed by atoms with Crippen molar-refractivity contribution >= 4 is 11.5 Å². The van der Waals surface area contributed by atoms with Crippen LogP contribution in [0.3, 0.4) is 0 Å². The summed E-state index contributed by atoms with van der Waals surface area (Å²) in [4.78, 5) is 9.06. The van der Waals surface area contributed by atoms with E-state index in [1.165, 1.54) is 0 Å². The molecule has 0 N–H and O–H groups in total. The molecule has 0 heterocycles. The highest BCUT2D eigenvalue weighted by Gasteiger charge is 2.19. The molecule has 0 rings (SSSR count). The molecule has 0 fully saturated rings. The lowest BCUT2D eigenvalue weighted by molar-refractivity contribution is -0.776. The fourth-order valence-corrected chi connectivity index (χ4v) is 2.52. The molecule has 25 heavy (non-hydrogen) atoms. The molecule has 4 nitrogen and oxygen atoms in total. The minimum atomic E-state index is 0.680. The molecule has 0 aliphatic carbocycles. The van der Waals surface area contributed by atoms with Crippen molar-refractivity contribution in [2.75, 3.05) is 41.4 Å². The molecule has 0 saturated carbocycles. The van der Waals surface area contributed by atoms with Gasteiger partial charge in [0.15, 0.2) is 0 Å². The zero-order chi connectivity index (χ0) is 19.5. The summed E-state index contributed by atoms with van der Waals surface area (Å²) >= 11 is 0. The van der Waals surface area contributed by atoms with Crippen molar-refractivity contribution in [3.8, 4) is 0 Å². The number of hydrogen-bond donors (Lipinski definition) is 0. The smallest absolute Gasteiger partial charge is 0.229 e. The Bertz CT molecular complexity index is 534. The number of amidine groups is 1. The van der Waals surface area contributed by atoms with Gasteiger partial charge in [0.05, 0.1) is 27.7 Å². The lowest BCUT2D eigenvalue weighted by Crippen LogP contribution is -2.41. The average molecular weight is 349 g/mol. The Morgan fingerprint density at radius 3 is 2.08 bits per heavy atom. The van der Waals surface area contributed by atoms with Gasteiger partial charge in [-0.1, -0.05) is 19.2 Å². The number of allylic oxidation sites excluding steroid dienone is 3. The van der Waals surface area contributed by atoms with Crippen LogP contribution < -0.4 is 0 Å². The third-order valence-corrected chi connectivity index (χ3v) is 3.82. The van der Waals surface area contributed by atoms with Gasteiger partial charge in [0, 0.05) is 37.1 Å². The van der Waals surface area contributed by atoms with Crippen molar-refractivity contribution in [3.63, 3.8) is 0 Å². The van der Waals surface area contributed by atoms with E-state index in [2.05, 4.69) is 45.4 Å². The monoisotopic (exact) mass is 348 g/mol. The van der Waals surface area contributed by atoms with E-state index in [1.54, 1.807) is 7.05 Å². The minimum absolute atomic E-state index is 0.680. The van der Waals surface area contributed by atoms with Crippen LogP contribution in [0.15, 0.2) is 46.1 Å². The van der Waals surface area contributed by atoms with E-state index in [9.17, 15) is 0 Å². The zero-order valence-electron chi connectivity index (χ0n) is 17.5. The molecule has 0 aromatic carbocycles. The van der Waals surface area contributed by atoms with Crippen molar-refractivity contribution < 1.29 is 9.22 Å². The number of nitrogens with zero attached hydrogens (tertiary/aromatic N) is 3. The second-order valence-corrected chi connectivity index (χ2v) is 7.28.